The summed E-state index contributed by atoms with van der Waals surface area (Å²) in [5, 5.41) is 0.430. The maximum Gasteiger partial charge on any atom is 0.342 e. The lowest BCUT2D eigenvalue weighted by atomic mass is 9.88. The second-order valence-corrected chi connectivity index (χ2v) is 9.39. The van der Waals surface area contributed by atoms with Gasteiger partial charge in [0.2, 0.25) is 10.0 Å². The highest BCUT2D eigenvalue weighted by atomic mass is 35.5. The van der Waals surface area contributed by atoms with Crippen molar-refractivity contribution < 1.29 is 32.2 Å². The fraction of sp³-hybridized carbons (Fsp3) is 0.364. The van der Waals surface area contributed by atoms with Crippen molar-refractivity contribution in [1.82, 2.24) is 4.31 Å². The molecule has 1 fully saturated rings. The van der Waals surface area contributed by atoms with Gasteiger partial charge in [-0.2, -0.15) is 0 Å². The number of rotatable bonds is 7. The van der Waals surface area contributed by atoms with Crippen LogP contribution >= 0.6 is 11.6 Å². The highest BCUT2D eigenvalue weighted by Crippen LogP contribution is 2.52. The van der Waals surface area contributed by atoms with Gasteiger partial charge in [0.25, 0.3) is 5.54 Å². The zero-order valence-electron chi connectivity index (χ0n) is 17.9. The van der Waals surface area contributed by atoms with E-state index in [0.717, 1.165) is 10.6 Å². The van der Waals surface area contributed by atoms with Crippen LogP contribution in [0.5, 0.6) is 0 Å². The highest BCUT2D eigenvalue weighted by Gasteiger charge is 2.70. The summed E-state index contributed by atoms with van der Waals surface area (Å²) < 4.78 is 43.6. The summed E-state index contributed by atoms with van der Waals surface area (Å²) >= 11 is 5.99. The number of benzene rings is 2. The minimum Gasteiger partial charge on any atom is -0.464 e. The first kappa shape index (κ1) is 24.2. The van der Waals surface area contributed by atoms with Crippen molar-refractivity contribution >= 4 is 33.6 Å². The van der Waals surface area contributed by atoms with E-state index in [1.807, 2.05) is 0 Å². The molecule has 8 nitrogen and oxygen atoms in total. The van der Waals surface area contributed by atoms with Crippen molar-refractivity contribution in [2.24, 2.45) is 0 Å². The summed E-state index contributed by atoms with van der Waals surface area (Å²) in [4.78, 5) is 26.9. The summed E-state index contributed by atoms with van der Waals surface area (Å²) in [6, 6.07) is 14.7. The van der Waals surface area contributed by atoms with Crippen LogP contribution in [-0.4, -0.2) is 49.7 Å². The molecule has 10 heteroatoms. The Hall–Kier alpha value is -2.46. The third-order valence-corrected chi connectivity index (χ3v) is 6.44. The fourth-order valence-corrected chi connectivity index (χ4v) is 5.18. The number of nitrogens with zero attached hydrogens (tertiary/aromatic N) is 1. The number of hydrogen-bond donors (Lipinski definition) is 0. The number of carbonyl (C=O) groups is 2. The van der Waals surface area contributed by atoms with Crippen molar-refractivity contribution in [1.29, 1.82) is 0 Å². The summed E-state index contributed by atoms with van der Waals surface area (Å²) in [5.74, 6) is -2.15. The van der Waals surface area contributed by atoms with E-state index in [2.05, 4.69) is 0 Å². The van der Waals surface area contributed by atoms with Gasteiger partial charge >= 0.3 is 11.9 Å². The van der Waals surface area contributed by atoms with Gasteiger partial charge in [0.1, 0.15) is 6.10 Å². The Labute approximate surface area is 192 Å². The minimum absolute atomic E-state index is 0.0787. The second kappa shape index (κ2) is 9.58. The van der Waals surface area contributed by atoms with Crippen LogP contribution in [0.4, 0.5) is 0 Å². The van der Waals surface area contributed by atoms with Gasteiger partial charge in [0, 0.05) is 5.02 Å². The predicted octanol–water partition coefficient (Wildman–Crippen LogP) is 3.24. The van der Waals surface area contributed by atoms with Gasteiger partial charge in [-0.25, -0.2) is 18.0 Å². The van der Waals surface area contributed by atoms with Crippen LogP contribution in [0.2, 0.25) is 5.02 Å². The second-order valence-electron chi connectivity index (χ2n) is 7.10. The number of carbonyl (C=O) groups excluding carboxylic acids is 2. The zero-order valence-corrected chi connectivity index (χ0v) is 19.4. The van der Waals surface area contributed by atoms with Crippen LogP contribution < -0.4 is 0 Å². The summed E-state index contributed by atoms with van der Waals surface area (Å²) in [7, 11) is -4.21. The normalized spacial score (nSPS) is 20.6. The van der Waals surface area contributed by atoms with Crippen molar-refractivity contribution in [2.45, 2.75) is 31.7 Å². The monoisotopic (exact) mass is 481 g/mol. The van der Waals surface area contributed by atoms with Gasteiger partial charge in [-0.15, -0.1) is 4.31 Å². The van der Waals surface area contributed by atoms with Gasteiger partial charge in [-0.3, -0.25) is 0 Å². The molecule has 0 aromatic heterocycles. The number of esters is 2. The Bertz CT molecular complexity index is 1060. The molecule has 172 valence electrons. The van der Waals surface area contributed by atoms with Crippen LogP contribution in [-0.2, 0) is 33.8 Å². The number of sulfonamides is 1. The molecular formula is C22H24ClNO7S. The molecule has 0 N–H and O–H groups in total. The van der Waals surface area contributed by atoms with Crippen LogP contribution in [0.1, 0.15) is 37.3 Å². The Balaban J connectivity index is 2.34. The quantitative estimate of drug-likeness (QED) is 0.442. The Morgan fingerprint density at radius 1 is 0.969 bits per heavy atom. The van der Waals surface area contributed by atoms with E-state index in [-0.39, 0.29) is 13.2 Å². The summed E-state index contributed by atoms with van der Waals surface area (Å²) in [6.45, 7) is 2.96. The molecule has 0 unspecified atom stereocenters. The third kappa shape index (κ3) is 4.25. The van der Waals surface area contributed by atoms with Crippen molar-refractivity contribution in [3.63, 3.8) is 0 Å². The molecule has 0 saturated carbocycles. The maximum atomic E-state index is 13.4. The molecule has 3 rings (SSSR count). The van der Waals surface area contributed by atoms with E-state index in [0.29, 0.717) is 16.1 Å². The SMILES string of the molecule is CCOC(=O)C1(C(=O)OCC)[C@H](c2ccccc2)O[C@H](c2ccc(Cl)cc2)N1S(C)(=O)=O. The molecule has 0 aliphatic carbocycles. The molecule has 1 aliphatic heterocycles. The Morgan fingerprint density at radius 2 is 1.50 bits per heavy atom. The third-order valence-electron chi connectivity index (χ3n) is 4.99. The lowest BCUT2D eigenvalue weighted by Gasteiger charge is -2.35. The largest absolute Gasteiger partial charge is 0.464 e. The molecule has 1 saturated heterocycles. The van der Waals surface area contributed by atoms with E-state index in [1.54, 1.807) is 68.4 Å². The van der Waals surface area contributed by atoms with Crippen molar-refractivity contribution in [3.05, 3.63) is 70.7 Å². The summed E-state index contributed by atoms with van der Waals surface area (Å²) in [5.41, 5.74) is -1.62. The van der Waals surface area contributed by atoms with Gasteiger partial charge in [-0.1, -0.05) is 54.1 Å². The predicted molar refractivity (Wildman–Crippen MR) is 117 cm³/mol. The van der Waals surface area contributed by atoms with Crippen LogP contribution in [0.25, 0.3) is 0 Å². The number of hydrogen-bond acceptors (Lipinski definition) is 7. The van der Waals surface area contributed by atoms with E-state index < -0.39 is 39.8 Å². The number of halogens is 1. The molecule has 32 heavy (non-hydrogen) atoms. The average Bonchev–Trinajstić information content (AvgIpc) is 3.13. The van der Waals surface area contributed by atoms with Crippen molar-refractivity contribution in [2.75, 3.05) is 19.5 Å². The zero-order chi connectivity index (χ0) is 23.5. The van der Waals surface area contributed by atoms with E-state index in [1.165, 1.54) is 0 Å². The molecule has 2 aromatic carbocycles. The molecule has 0 amide bonds. The van der Waals surface area contributed by atoms with Gasteiger partial charge in [-0.05, 0) is 37.1 Å². The Kier molecular flexibility index (Phi) is 7.24. The van der Waals surface area contributed by atoms with Gasteiger partial charge in [0.15, 0.2) is 6.23 Å². The molecule has 2 aromatic rings. The molecule has 0 radical (unpaired) electrons. The smallest absolute Gasteiger partial charge is 0.342 e. The van der Waals surface area contributed by atoms with Gasteiger partial charge in [0.05, 0.1) is 19.5 Å². The number of ether oxygens (including phenoxy) is 3. The van der Waals surface area contributed by atoms with Crippen LogP contribution in [0.15, 0.2) is 54.6 Å². The van der Waals surface area contributed by atoms with E-state index in [9.17, 15) is 18.0 Å². The van der Waals surface area contributed by atoms with Crippen LogP contribution in [0.3, 0.4) is 0 Å². The molecule has 0 spiro atoms. The minimum atomic E-state index is -4.21. The first-order valence-electron chi connectivity index (χ1n) is 9.97. The standard InChI is InChI=1S/C22H24ClNO7S/c1-4-29-20(25)22(21(26)30-5-2)18(15-9-7-6-8-10-15)31-19(24(22)32(3,27)28)16-11-13-17(23)14-12-16/h6-14,18-19H,4-5H2,1-3H3/t18-,19+/m0/s1. The molecular weight excluding hydrogens is 458 g/mol. The Morgan fingerprint density at radius 3 is 1.97 bits per heavy atom. The molecule has 0 bridgehead atoms. The molecule has 2 atom stereocenters. The van der Waals surface area contributed by atoms with Gasteiger partial charge < -0.3 is 14.2 Å². The first-order chi connectivity index (χ1) is 15.2. The fourth-order valence-electron chi connectivity index (χ4n) is 3.77. The lowest BCUT2D eigenvalue weighted by molar-refractivity contribution is -0.172. The maximum absolute atomic E-state index is 13.4. The summed E-state index contributed by atoms with van der Waals surface area (Å²) in [6.07, 6.45) is -1.72. The molecule has 1 aliphatic rings. The lowest BCUT2D eigenvalue weighted by Crippen LogP contribution is -2.62. The first-order valence-corrected chi connectivity index (χ1v) is 12.2. The molecule has 1 heterocycles. The topological polar surface area (TPSA) is 99.2 Å². The van der Waals surface area contributed by atoms with E-state index >= 15 is 0 Å². The van der Waals surface area contributed by atoms with Crippen LogP contribution in [0, 0.1) is 0 Å². The average molecular weight is 482 g/mol. The highest BCUT2D eigenvalue weighted by molar-refractivity contribution is 7.88. The van der Waals surface area contributed by atoms with Crippen molar-refractivity contribution in [3.8, 4) is 0 Å². The van der Waals surface area contributed by atoms with E-state index in [4.69, 9.17) is 25.8 Å².